The smallest absolute Gasteiger partial charge is 0.481 e. The van der Waals surface area contributed by atoms with Crippen LogP contribution in [-0.2, 0) is 9.59 Å². The molecule has 0 heterocycles. The highest BCUT2D eigenvalue weighted by Gasteiger charge is 2.45. The van der Waals surface area contributed by atoms with E-state index in [9.17, 15) is 9.59 Å². The van der Waals surface area contributed by atoms with Crippen molar-refractivity contribution in [3.63, 3.8) is 0 Å². The van der Waals surface area contributed by atoms with E-state index in [0.717, 1.165) is 6.42 Å². The number of carboxylic acids is 1. The molecule has 0 aromatic heterocycles. The highest BCUT2D eigenvalue weighted by atomic mass is 16.4. The van der Waals surface area contributed by atoms with E-state index in [1.807, 2.05) is 27.1 Å². The molecular weight excluding hydrogens is 168 g/mol. The molecule has 3 heteroatoms. The van der Waals surface area contributed by atoms with E-state index in [2.05, 4.69) is 0 Å². The Morgan fingerprint density at radius 2 is 2.00 bits per heavy atom. The van der Waals surface area contributed by atoms with Gasteiger partial charge in [-0.3, -0.25) is 4.79 Å². The topological polar surface area (TPSA) is 54.4 Å². The average Bonchev–Trinajstić information content (AvgIpc) is 2.05. The largest absolute Gasteiger partial charge is 0.511 e. The highest BCUT2D eigenvalue weighted by Crippen LogP contribution is 2.34. The molecule has 0 aliphatic rings. The van der Waals surface area contributed by atoms with E-state index in [4.69, 9.17) is 5.11 Å². The molecule has 2 unspecified atom stereocenters. The van der Waals surface area contributed by atoms with Crippen molar-refractivity contribution in [3.8, 4) is 0 Å². The van der Waals surface area contributed by atoms with Gasteiger partial charge in [0.1, 0.15) is 5.92 Å². The van der Waals surface area contributed by atoms with Gasteiger partial charge in [0.25, 0.3) is 0 Å². The minimum Gasteiger partial charge on any atom is -0.481 e. The third-order valence-corrected chi connectivity index (χ3v) is 2.77. The fourth-order valence-electron chi connectivity index (χ4n) is 1.30. The molecule has 74 valence electrons. The second-order valence-electron chi connectivity index (χ2n) is 4.06. The molecule has 0 aromatic rings. The number of carbonyl (C=O) groups is 1. The van der Waals surface area contributed by atoms with Crippen molar-refractivity contribution in [3.05, 3.63) is 0 Å². The van der Waals surface area contributed by atoms with Gasteiger partial charge in [0, 0.05) is 10.2 Å². The third kappa shape index (κ3) is 2.78. The Morgan fingerprint density at radius 3 is 2.23 bits per heavy atom. The number of carboxylic acid groups (broad SMARTS) is 1. The molecule has 0 bridgehead atoms. The summed E-state index contributed by atoms with van der Waals surface area (Å²) < 4.78 is 0. The predicted molar refractivity (Wildman–Crippen MR) is 50.1 cm³/mol. The molecule has 1 N–H and O–H groups in total. The van der Waals surface area contributed by atoms with Gasteiger partial charge < -0.3 is 5.11 Å². The molecule has 2 atom stereocenters. The van der Waals surface area contributed by atoms with E-state index in [1.54, 1.807) is 6.92 Å². The zero-order valence-electron chi connectivity index (χ0n) is 8.63. The quantitative estimate of drug-likeness (QED) is 0.665. The zero-order valence-corrected chi connectivity index (χ0v) is 8.63. The first-order chi connectivity index (χ1) is 5.86. The molecule has 0 saturated carbocycles. The van der Waals surface area contributed by atoms with Gasteiger partial charge in [-0.05, 0) is 13.3 Å². The van der Waals surface area contributed by atoms with Crippen LogP contribution in [0.5, 0.6) is 0 Å². The Labute approximate surface area is 79.1 Å². The van der Waals surface area contributed by atoms with Crippen LogP contribution < -0.4 is 0 Å². The first-order valence-electron chi connectivity index (χ1n) is 4.47. The van der Waals surface area contributed by atoms with Crippen LogP contribution in [0.1, 0.15) is 34.1 Å². The molecule has 0 rings (SSSR count). The maximum Gasteiger partial charge on any atom is 0.511 e. The lowest BCUT2D eigenvalue weighted by molar-refractivity contribution is -0.143. The molecule has 0 radical (unpaired) electrons. The van der Waals surface area contributed by atoms with Crippen molar-refractivity contribution in [1.82, 2.24) is 0 Å². The van der Waals surface area contributed by atoms with E-state index < -0.39 is 17.8 Å². The fourth-order valence-corrected chi connectivity index (χ4v) is 1.30. The van der Waals surface area contributed by atoms with Gasteiger partial charge in [-0.25, -0.2) is 0 Å². The number of aliphatic carboxylic acids is 1. The Bertz CT molecular complexity index is 196. The Morgan fingerprint density at radius 1 is 1.54 bits per heavy atom. The van der Waals surface area contributed by atoms with Crippen molar-refractivity contribution in [2.75, 3.05) is 0 Å². The van der Waals surface area contributed by atoms with Gasteiger partial charge in [0.05, 0.1) is 0 Å². The lowest BCUT2D eigenvalue weighted by Gasteiger charge is -2.23. The van der Waals surface area contributed by atoms with Gasteiger partial charge in [0.15, 0.2) is 0 Å². The van der Waals surface area contributed by atoms with Crippen LogP contribution in [0, 0.1) is 17.3 Å². The minimum atomic E-state index is -0.935. The van der Waals surface area contributed by atoms with Crippen LogP contribution in [-0.4, -0.2) is 17.4 Å². The molecular formula is C10H17O3+. The first kappa shape index (κ1) is 12.0. The third-order valence-electron chi connectivity index (χ3n) is 2.77. The molecule has 3 nitrogen and oxygen atoms in total. The summed E-state index contributed by atoms with van der Waals surface area (Å²) in [7, 11) is 0. The lowest BCUT2D eigenvalue weighted by atomic mass is 9.71. The van der Waals surface area contributed by atoms with Gasteiger partial charge in [-0.1, -0.05) is 20.8 Å². The van der Waals surface area contributed by atoms with Crippen LogP contribution in [0.25, 0.3) is 0 Å². The summed E-state index contributed by atoms with van der Waals surface area (Å²) in [5.41, 5.74) is -0.292. The summed E-state index contributed by atoms with van der Waals surface area (Å²) in [5.74, 6) is -2.13. The van der Waals surface area contributed by atoms with Gasteiger partial charge >= 0.3 is 12.3 Å². The molecule has 13 heavy (non-hydrogen) atoms. The molecule has 0 saturated heterocycles. The minimum absolute atomic E-state index is 0.292. The maximum absolute atomic E-state index is 10.7. The number of rotatable bonds is 5. The van der Waals surface area contributed by atoms with Crippen molar-refractivity contribution >= 4 is 12.3 Å². The molecule has 0 aromatic carbocycles. The van der Waals surface area contributed by atoms with Gasteiger partial charge in [0.2, 0.25) is 5.92 Å². The average molecular weight is 185 g/mol. The van der Waals surface area contributed by atoms with Gasteiger partial charge in [-0.15, -0.1) is 0 Å². The Kier molecular flexibility index (Phi) is 4.02. The van der Waals surface area contributed by atoms with E-state index in [-0.39, 0.29) is 5.41 Å². The highest BCUT2D eigenvalue weighted by molar-refractivity contribution is 5.75. The number of hydrogen-bond donors (Lipinski definition) is 1. The molecule has 0 fully saturated rings. The lowest BCUT2D eigenvalue weighted by Crippen LogP contribution is -2.34. The second kappa shape index (κ2) is 4.33. The number of hydrogen-bond acceptors (Lipinski definition) is 2. The van der Waals surface area contributed by atoms with Crippen LogP contribution in [0.4, 0.5) is 0 Å². The Balaban J connectivity index is 4.69. The SMILES string of the molecule is CCC(C)(C)C([C+]=O)C(C)C(=O)O. The van der Waals surface area contributed by atoms with Crippen molar-refractivity contribution in [1.29, 1.82) is 0 Å². The molecule has 0 spiro atoms. The monoisotopic (exact) mass is 185 g/mol. The zero-order chi connectivity index (χ0) is 10.6. The Hall–Kier alpha value is -0.950. The normalized spacial score (nSPS) is 16.0. The van der Waals surface area contributed by atoms with E-state index >= 15 is 0 Å². The summed E-state index contributed by atoms with van der Waals surface area (Å²) in [4.78, 5) is 21.4. The van der Waals surface area contributed by atoms with Crippen molar-refractivity contribution in [2.45, 2.75) is 34.1 Å². The van der Waals surface area contributed by atoms with Crippen LogP contribution in [0.15, 0.2) is 0 Å². The van der Waals surface area contributed by atoms with E-state index in [1.165, 1.54) is 0 Å². The first-order valence-corrected chi connectivity index (χ1v) is 4.47. The summed E-state index contributed by atoms with van der Waals surface area (Å²) in [5, 5.41) is 8.76. The van der Waals surface area contributed by atoms with Crippen molar-refractivity contribution in [2.24, 2.45) is 17.3 Å². The summed E-state index contributed by atoms with van der Waals surface area (Å²) in [6.45, 7) is 7.28. The molecule has 0 amide bonds. The number of carbonyl (C=O) groups excluding carboxylic acids is 1. The maximum atomic E-state index is 10.7. The van der Waals surface area contributed by atoms with Crippen LogP contribution in [0.3, 0.4) is 0 Å². The van der Waals surface area contributed by atoms with E-state index in [0.29, 0.717) is 0 Å². The summed E-state index contributed by atoms with van der Waals surface area (Å²) >= 11 is 0. The summed E-state index contributed by atoms with van der Waals surface area (Å²) in [6.07, 6.45) is 2.61. The molecule has 0 aliphatic heterocycles. The summed E-state index contributed by atoms with van der Waals surface area (Å²) in [6, 6.07) is 0. The molecule has 0 aliphatic carbocycles. The van der Waals surface area contributed by atoms with Gasteiger partial charge in [-0.2, -0.15) is 0 Å². The predicted octanol–water partition coefficient (Wildman–Crippen LogP) is 1.87. The van der Waals surface area contributed by atoms with Crippen molar-refractivity contribution < 1.29 is 14.7 Å². The second-order valence-corrected chi connectivity index (χ2v) is 4.06. The van der Waals surface area contributed by atoms with Crippen LogP contribution >= 0.6 is 0 Å². The standard InChI is InChI=1S/C10H16O3/c1-5-10(3,4)8(6-11)7(2)9(12)13/h7-8H,5H2,1-4H3/p+1. The fraction of sp³-hybridized carbons (Fsp3) is 0.800. The van der Waals surface area contributed by atoms with Crippen LogP contribution in [0.2, 0.25) is 0 Å².